The van der Waals surface area contributed by atoms with Gasteiger partial charge in [0.25, 0.3) is 5.91 Å². The van der Waals surface area contributed by atoms with Gasteiger partial charge in [0, 0.05) is 38.4 Å². The number of benzene rings is 1. The van der Waals surface area contributed by atoms with Gasteiger partial charge in [-0.3, -0.25) is 14.1 Å². The maximum atomic E-state index is 12.4. The minimum Gasteiger partial charge on any atom is -1.00 e. The molecule has 0 unspecified atom stereocenters. The number of likely N-dealkylation sites (tertiary alicyclic amines) is 1. The summed E-state index contributed by atoms with van der Waals surface area (Å²) in [7, 11) is -4.60. The Labute approximate surface area is 190 Å². The summed E-state index contributed by atoms with van der Waals surface area (Å²) in [5.74, 6) is -0.599. The molecule has 142 valence electrons. The van der Waals surface area contributed by atoms with Gasteiger partial charge in [-0.25, -0.2) is 4.31 Å². The summed E-state index contributed by atoms with van der Waals surface area (Å²) in [6.07, 6.45) is 3.06. The molecular weight excluding hydrogens is 427 g/mol. The van der Waals surface area contributed by atoms with Crippen molar-refractivity contribution in [3.63, 3.8) is 0 Å². The molecule has 2 saturated heterocycles. The number of thiol groups is 2. The van der Waals surface area contributed by atoms with Gasteiger partial charge in [-0.05, 0) is 30.2 Å². The fourth-order valence-electron chi connectivity index (χ4n) is 3.10. The molecule has 0 spiro atoms. The average molecular weight is 442 g/mol. The number of nitrogens with zero attached hydrogens (tertiary/aromatic N) is 2. The molecule has 9 nitrogen and oxygen atoms in total. The van der Waals surface area contributed by atoms with Crippen LogP contribution >= 0.6 is 25.8 Å². The molecule has 2 atom stereocenters. The summed E-state index contributed by atoms with van der Waals surface area (Å²) >= 11 is 7.39. The summed E-state index contributed by atoms with van der Waals surface area (Å²) in [4.78, 5) is 25.6. The van der Waals surface area contributed by atoms with Crippen molar-refractivity contribution in [2.75, 3.05) is 6.54 Å². The van der Waals surface area contributed by atoms with Crippen LogP contribution in [0.2, 0.25) is 0 Å². The first-order valence-corrected chi connectivity index (χ1v) is 9.47. The Kier molecular flexibility index (Phi) is 7.17. The molecule has 2 heterocycles. The molecule has 0 saturated carbocycles. The standard InChI is InChI=1S/C14H14N2O7S3.Na.H/c17-12(4-2-8-1-3-10(22-24)11(7-8)23-25)15-6-5-9-13(15)14(18)16(9)26(19,20)21;;/h1-4,7,9,13,24-25H,5-6H2,(H,19,20,21);;/q;+1;-1/b4-2+;;/t9-,13+;;/m1../s1. The normalized spacial score (nSPS) is 21.5. The van der Waals surface area contributed by atoms with Gasteiger partial charge in [0.1, 0.15) is 6.04 Å². The van der Waals surface area contributed by atoms with E-state index in [-0.39, 0.29) is 43.9 Å². The van der Waals surface area contributed by atoms with Gasteiger partial charge in [-0.2, -0.15) is 8.42 Å². The largest absolute Gasteiger partial charge is 1.00 e. The predicted octanol–water partition coefficient (Wildman–Crippen LogP) is -2.12. The number of hydrogen-bond donors (Lipinski definition) is 3. The molecule has 27 heavy (non-hydrogen) atoms. The summed E-state index contributed by atoms with van der Waals surface area (Å²) in [6, 6.07) is 3.22. The van der Waals surface area contributed by atoms with Crippen molar-refractivity contribution in [3.8, 4) is 11.5 Å². The van der Waals surface area contributed by atoms with Crippen LogP contribution in [0, 0.1) is 0 Å². The maximum Gasteiger partial charge on any atom is 1.00 e. The molecule has 2 fully saturated rings. The van der Waals surface area contributed by atoms with E-state index in [0.717, 1.165) is 0 Å². The van der Waals surface area contributed by atoms with Crippen LogP contribution in [0.1, 0.15) is 13.4 Å². The molecule has 13 heteroatoms. The number of carbonyl (C=O) groups excluding carboxylic acids is 2. The van der Waals surface area contributed by atoms with Crippen molar-refractivity contribution in [1.29, 1.82) is 0 Å². The van der Waals surface area contributed by atoms with E-state index in [1.54, 1.807) is 18.2 Å². The molecule has 1 aromatic rings. The molecule has 0 bridgehead atoms. The minimum atomic E-state index is -4.60. The third-order valence-electron chi connectivity index (χ3n) is 4.25. The van der Waals surface area contributed by atoms with E-state index in [1.807, 2.05) is 0 Å². The average Bonchev–Trinajstić information content (AvgIpc) is 2.96. The SMILES string of the molecule is O=C(/C=C/c1ccc(OS)c(OS)c1)N1CC[C@@H]2[C@H]1C(=O)N2S(=O)(=O)O.[H-].[Na+]. The van der Waals surface area contributed by atoms with E-state index in [1.165, 1.54) is 17.1 Å². The Morgan fingerprint density at radius 2 is 1.96 bits per heavy atom. The number of carbonyl (C=O) groups is 2. The van der Waals surface area contributed by atoms with Crippen molar-refractivity contribution in [1.82, 2.24) is 9.21 Å². The van der Waals surface area contributed by atoms with E-state index >= 15 is 0 Å². The first-order chi connectivity index (χ1) is 12.3. The van der Waals surface area contributed by atoms with Crippen molar-refractivity contribution < 1.29 is 61.9 Å². The summed E-state index contributed by atoms with van der Waals surface area (Å²) in [5, 5.41) is 0. The number of amides is 2. The van der Waals surface area contributed by atoms with Crippen LogP contribution in [0.4, 0.5) is 0 Å². The molecule has 2 amide bonds. The molecule has 1 N–H and O–H groups in total. The van der Waals surface area contributed by atoms with E-state index < -0.39 is 34.2 Å². The van der Waals surface area contributed by atoms with E-state index in [9.17, 15) is 18.0 Å². The zero-order chi connectivity index (χ0) is 19.1. The topological polar surface area (TPSA) is 113 Å². The summed E-state index contributed by atoms with van der Waals surface area (Å²) in [5.41, 5.74) is 0.617. The molecular formula is C14H15N2NaO7S3. The van der Waals surface area contributed by atoms with Gasteiger partial charge in [-0.1, -0.05) is 6.07 Å². The van der Waals surface area contributed by atoms with Gasteiger partial charge in [0.15, 0.2) is 11.5 Å². The smallest absolute Gasteiger partial charge is 1.00 e. The summed E-state index contributed by atoms with van der Waals surface area (Å²) < 4.78 is 41.5. The molecule has 2 aliphatic rings. The fourth-order valence-corrected chi connectivity index (χ4v) is 4.29. The fraction of sp³-hybridized carbons (Fsp3) is 0.286. The molecule has 3 rings (SSSR count). The van der Waals surface area contributed by atoms with Crippen molar-refractivity contribution in [2.24, 2.45) is 0 Å². The van der Waals surface area contributed by atoms with Crippen molar-refractivity contribution >= 4 is 54.0 Å². The second-order valence-corrected chi connectivity index (χ2v) is 7.32. The predicted molar refractivity (Wildman–Crippen MR) is 98.1 cm³/mol. The van der Waals surface area contributed by atoms with Crippen LogP contribution in [0.15, 0.2) is 24.3 Å². The first kappa shape index (κ1) is 22.4. The molecule has 2 aliphatic heterocycles. The Hall–Kier alpha value is -0.890. The number of rotatable bonds is 5. The summed E-state index contributed by atoms with van der Waals surface area (Å²) in [6.45, 7) is 0.216. The second kappa shape index (κ2) is 8.64. The van der Waals surface area contributed by atoms with Gasteiger partial charge in [-0.15, -0.1) is 0 Å². The quantitative estimate of drug-likeness (QED) is 0.119. The van der Waals surface area contributed by atoms with E-state index in [2.05, 4.69) is 25.8 Å². The van der Waals surface area contributed by atoms with Gasteiger partial charge in [0.2, 0.25) is 5.91 Å². The van der Waals surface area contributed by atoms with Crippen LogP contribution in [0.25, 0.3) is 6.08 Å². The molecule has 0 aliphatic carbocycles. The van der Waals surface area contributed by atoms with Crippen molar-refractivity contribution in [2.45, 2.75) is 18.5 Å². The number of fused-ring (bicyclic) bond motifs is 1. The van der Waals surface area contributed by atoms with E-state index in [4.69, 9.17) is 12.9 Å². The molecule has 0 aromatic heterocycles. The third kappa shape index (κ3) is 4.26. The zero-order valence-corrected chi connectivity index (χ0v) is 18.7. The van der Waals surface area contributed by atoms with Gasteiger partial charge < -0.3 is 14.7 Å². The first-order valence-electron chi connectivity index (χ1n) is 7.34. The minimum absolute atomic E-state index is 0. The van der Waals surface area contributed by atoms with Crippen LogP contribution in [-0.4, -0.2) is 52.6 Å². The third-order valence-corrected chi connectivity index (χ3v) is 5.59. The monoisotopic (exact) mass is 442 g/mol. The zero-order valence-electron chi connectivity index (χ0n) is 15.0. The van der Waals surface area contributed by atoms with Gasteiger partial charge in [0.05, 0.1) is 6.04 Å². The molecule has 1 aromatic carbocycles. The Morgan fingerprint density at radius 1 is 1.30 bits per heavy atom. The van der Waals surface area contributed by atoms with Crippen LogP contribution < -0.4 is 37.9 Å². The second-order valence-electron chi connectivity index (χ2n) is 5.67. The van der Waals surface area contributed by atoms with Crippen LogP contribution in [0.3, 0.4) is 0 Å². The van der Waals surface area contributed by atoms with E-state index in [0.29, 0.717) is 21.4 Å². The Balaban J connectivity index is 0.00000196. The van der Waals surface area contributed by atoms with Crippen LogP contribution in [-0.2, 0) is 19.9 Å². The van der Waals surface area contributed by atoms with Crippen molar-refractivity contribution in [3.05, 3.63) is 29.8 Å². The van der Waals surface area contributed by atoms with Crippen LogP contribution in [0.5, 0.6) is 11.5 Å². The Bertz CT molecular complexity index is 899. The maximum absolute atomic E-state index is 12.4. The number of β-lactam (4-membered cyclic amide) rings is 1. The van der Waals surface area contributed by atoms with Gasteiger partial charge >= 0.3 is 39.9 Å². The molecule has 0 radical (unpaired) electrons. The number of hydrogen-bond acceptors (Lipinski definition) is 8. The Morgan fingerprint density at radius 3 is 2.56 bits per heavy atom.